The number of carbonyl (C=O) groups is 2. The average Bonchev–Trinajstić information content (AvgIpc) is 3.11. The maximum absolute atomic E-state index is 12.6. The van der Waals surface area contributed by atoms with Gasteiger partial charge in [0, 0.05) is 19.4 Å². The molecule has 0 aliphatic carbocycles. The van der Waals surface area contributed by atoms with E-state index in [1.54, 1.807) is 0 Å². The number of unbranched alkanes of at least 4 members (excludes halogenated alkanes) is 16. The minimum absolute atomic E-state index is 0.0597. The van der Waals surface area contributed by atoms with Crippen molar-refractivity contribution in [1.29, 1.82) is 0 Å². The Bertz CT molecular complexity index is 884. The van der Waals surface area contributed by atoms with E-state index in [-0.39, 0.29) is 25.2 Å². The van der Waals surface area contributed by atoms with Crippen LogP contribution in [0.15, 0.2) is 60.8 Å². The van der Waals surface area contributed by atoms with Gasteiger partial charge in [0.05, 0.1) is 6.61 Å². The number of carbonyl (C=O) groups excluding carboxylic acids is 2. The molecular weight excluding hydrogens is 620 g/mol. The van der Waals surface area contributed by atoms with Crippen LogP contribution in [0.25, 0.3) is 0 Å². The predicted octanol–water partition coefficient (Wildman–Crippen LogP) is 13.4. The third-order valence-corrected chi connectivity index (χ3v) is 8.57. The van der Waals surface area contributed by atoms with Gasteiger partial charge in [0.15, 0.2) is 6.10 Å². The summed E-state index contributed by atoms with van der Waals surface area (Å²) in [5.41, 5.74) is 0. The highest BCUT2D eigenvalue weighted by molar-refractivity contribution is 5.70. The summed E-state index contributed by atoms with van der Waals surface area (Å²) < 4.78 is 17.0. The lowest BCUT2D eigenvalue weighted by molar-refractivity contribution is -0.162. The van der Waals surface area contributed by atoms with E-state index in [9.17, 15) is 9.59 Å². The molecule has 0 radical (unpaired) electrons. The number of rotatable bonds is 37. The first-order valence-electron chi connectivity index (χ1n) is 20.8. The van der Waals surface area contributed by atoms with Crippen LogP contribution in [0.3, 0.4) is 0 Å². The largest absolute Gasteiger partial charge is 0.462 e. The van der Waals surface area contributed by atoms with Gasteiger partial charge in [-0.05, 0) is 57.8 Å². The molecule has 0 saturated carbocycles. The van der Waals surface area contributed by atoms with Crippen molar-refractivity contribution in [3.05, 3.63) is 60.8 Å². The van der Waals surface area contributed by atoms with Crippen LogP contribution in [-0.2, 0) is 23.8 Å². The fourth-order valence-corrected chi connectivity index (χ4v) is 5.48. The normalized spacial score (nSPS) is 12.8. The molecule has 1 atom stereocenters. The van der Waals surface area contributed by atoms with Gasteiger partial charge in [-0.25, -0.2) is 0 Å². The molecule has 50 heavy (non-hydrogen) atoms. The van der Waals surface area contributed by atoms with Crippen molar-refractivity contribution >= 4 is 11.9 Å². The second kappa shape index (κ2) is 41.0. The number of allylic oxidation sites excluding steroid dienone is 10. The van der Waals surface area contributed by atoms with Crippen molar-refractivity contribution in [3.63, 3.8) is 0 Å². The van der Waals surface area contributed by atoms with Crippen molar-refractivity contribution in [2.45, 2.75) is 194 Å². The molecule has 0 saturated heterocycles. The molecule has 5 heteroatoms. The Morgan fingerprint density at radius 3 is 1.42 bits per heavy atom. The number of hydrogen-bond donors (Lipinski definition) is 0. The Hall–Kier alpha value is -2.40. The van der Waals surface area contributed by atoms with E-state index in [1.165, 1.54) is 77.0 Å². The molecule has 0 aliphatic rings. The highest BCUT2D eigenvalue weighted by Gasteiger charge is 2.17. The van der Waals surface area contributed by atoms with Crippen molar-refractivity contribution < 1.29 is 23.8 Å². The lowest BCUT2D eigenvalue weighted by atomic mass is 10.0. The van der Waals surface area contributed by atoms with Crippen LogP contribution in [-0.4, -0.2) is 37.9 Å². The molecule has 0 aliphatic heterocycles. The molecular formula is C45H78O5. The molecule has 0 spiro atoms. The molecule has 0 rings (SSSR count). The SMILES string of the molecule is CC/C=C\C/C=C\C/C=C\C/C=C\C/C=C\CCCC(=O)O[C@H](COCCCCCCCCCCCCCCCC)COC(=O)CCCCC. The van der Waals surface area contributed by atoms with E-state index in [4.69, 9.17) is 14.2 Å². The molecule has 0 aromatic rings. The van der Waals surface area contributed by atoms with Gasteiger partial charge in [0.2, 0.25) is 0 Å². The summed E-state index contributed by atoms with van der Waals surface area (Å²) in [4.78, 5) is 24.7. The van der Waals surface area contributed by atoms with Crippen LogP contribution in [0, 0.1) is 0 Å². The summed E-state index contributed by atoms with van der Waals surface area (Å²) in [6.07, 6.45) is 49.9. The Balaban J connectivity index is 4.14. The molecule has 0 amide bonds. The zero-order chi connectivity index (χ0) is 36.4. The van der Waals surface area contributed by atoms with Crippen LogP contribution in [0.2, 0.25) is 0 Å². The summed E-state index contributed by atoms with van der Waals surface area (Å²) in [6, 6.07) is 0. The maximum Gasteiger partial charge on any atom is 0.306 e. The number of hydrogen-bond acceptors (Lipinski definition) is 5. The van der Waals surface area contributed by atoms with E-state index in [0.717, 1.165) is 77.0 Å². The van der Waals surface area contributed by atoms with Gasteiger partial charge < -0.3 is 14.2 Å². The molecule has 0 fully saturated rings. The van der Waals surface area contributed by atoms with Crippen LogP contribution in [0.5, 0.6) is 0 Å². The number of ether oxygens (including phenoxy) is 3. The quantitative estimate of drug-likeness (QED) is 0.0367. The minimum atomic E-state index is -0.557. The van der Waals surface area contributed by atoms with Gasteiger partial charge in [0.1, 0.15) is 6.61 Å². The Labute approximate surface area is 309 Å². The standard InChI is InChI=1S/C45H78O5/c1-4-7-10-12-14-16-18-20-22-23-24-25-27-29-31-33-36-39-45(47)50-43(42-49-44(46)38-35-9-6-3)41-48-40-37-34-32-30-28-26-21-19-17-15-13-11-8-5-2/h7,10,14,16,20,22,24-25,29,31,43H,4-6,8-9,11-13,15,17-19,21,23,26-28,30,32-42H2,1-3H3/b10-7-,16-14-,22-20-,25-24-,31-29-/t43-/m1/s1. The molecule has 0 heterocycles. The molecule has 288 valence electrons. The van der Waals surface area contributed by atoms with Gasteiger partial charge >= 0.3 is 11.9 Å². The van der Waals surface area contributed by atoms with Gasteiger partial charge in [-0.2, -0.15) is 0 Å². The summed E-state index contributed by atoms with van der Waals surface area (Å²) in [5, 5.41) is 0. The molecule has 0 N–H and O–H groups in total. The zero-order valence-corrected chi connectivity index (χ0v) is 32.9. The van der Waals surface area contributed by atoms with Crippen molar-refractivity contribution in [3.8, 4) is 0 Å². The van der Waals surface area contributed by atoms with E-state index < -0.39 is 6.10 Å². The summed E-state index contributed by atoms with van der Waals surface area (Å²) in [7, 11) is 0. The fourth-order valence-electron chi connectivity index (χ4n) is 5.48. The van der Waals surface area contributed by atoms with Crippen molar-refractivity contribution in [2.24, 2.45) is 0 Å². The Morgan fingerprint density at radius 2 is 0.900 bits per heavy atom. The summed E-state index contributed by atoms with van der Waals surface area (Å²) >= 11 is 0. The Kier molecular flexibility index (Phi) is 39.1. The van der Waals surface area contributed by atoms with Gasteiger partial charge in [-0.1, -0.05) is 178 Å². The lowest BCUT2D eigenvalue weighted by Crippen LogP contribution is -2.30. The van der Waals surface area contributed by atoms with Gasteiger partial charge in [-0.15, -0.1) is 0 Å². The van der Waals surface area contributed by atoms with Crippen LogP contribution in [0.4, 0.5) is 0 Å². The maximum atomic E-state index is 12.6. The smallest absolute Gasteiger partial charge is 0.306 e. The molecule has 5 nitrogen and oxygen atoms in total. The first-order valence-corrected chi connectivity index (χ1v) is 20.8. The van der Waals surface area contributed by atoms with E-state index in [1.807, 2.05) is 0 Å². The summed E-state index contributed by atoms with van der Waals surface area (Å²) in [5.74, 6) is -0.491. The molecule has 0 unspecified atom stereocenters. The van der Waals surface area contributed by atoms with Crippen molar-refractivity contribution in [1.82, 2.24) is 0 Å². The number of esters is 2. The van der Waals surface area contributed by atoms with E-state index >= 15 is 0 Å². The van der Waals surface area contributed by atoms with Gasteiger partial charge in [0.25, 0.3) is 0 Å². The fraction of sp³-hybridized carbons (Fsp3) is 0.733. The first-order chi connectivity index (χ1) is 24.6. The first kappa shape index (κ1) is 47.6. The molecule has 0 aromatic heterocycles. The van der Waals surface area contributed by atoms with E-state index in [2.05, 4.69) is 81.5 Å². The predicted molar refractivity (Wildman–Crippen MR) is 214 cm³/mol. The topological polar surface area (TPSA) is 61.8 Å². The van der Waals surface area contributed by atoms with Crippen LogP contribution < -0.4 is 0 Å². The highest BCUT2D eigenvalue weighted by atomic mass is 16.6. The second-order valence-corrected chi connectivity index (χ2v) is 13.5. The second-order valence-electron chi connectivity index (χ2n) is 13.5. The third-order valence-electron chi connectivity index (χ3n) is 8.57. The lowest BCUT2D eigenvalue weighted by Gasteiger charge is -2.18. The zero-order valence-electron chi connectivity index (χ0n) is 32.9. The van der Waals surface area contributed by atoms with Crippen LogP contribution >= 0.6 is 0 Å². The summed E-state index contributed by atoms with van der Waals surface area (Å²) in [6.45, 7) is 7.50. The minimum Gasteiger partial charge on any atom is -0.462 e. The molecule has 0 aromatic carbocycles. The highest BCUT2D eigenvalue weighted by Crippen LogP contribution is 2.13. The molecule has 0 bridgehead atoms. The van der Waals surface area contributed by atoms with Crippen molar-refractivity contribution in [2.75, 3.05) is 19.8 Å². The van der Waals surface area contributed by atoms with Gasteiger partial charge in [-0.3, -0.25) is 9.59 Å². The Morgan fingerprint density at radius 1 is 0.460 bits per heavy atom. The average molecular weight is 699 g/mol. The van der Waals surface area contributed by atoms with E-state index in [0.29, 0.717) is 19.4 Å². The van der Waals surface area contributed by atoms with Crippen LogP contribution in [0.1, 0.15) is 188 Å². The monoisotopic (exact) mass is 699 g/mol. The third kappa shape index (κ3) is 38.4.